The first-order chi connectivity index (χ1) is 7.40. The molecule has 0 bridgehead atoms. The number of aromatic nitrogens is 4. The van der Waals surface area contributed by atoms with Gasteiger partial charge >= 0.3 is 0 Å². The van der Waals surface area contributed by atoms with E-state index in [0.717, 1.165) is 31.4 Å². The molecule has 1 unspecified atom stereocenters. The third-order valence-electron chi connectivity index (χ3n) is 2.59. The number of tetrazole rings is 1. The SMILES string of the molecule is CCNCc1nnnn1CC1CCSC1. The summed E-state index contributed by atoms with van der Waals surface area (Å²) in [6, 6.07) is 0. The van der Waals surface area contributed by atoms with E-state index < -0.39 is 0 Å². The monoisotopic (exact) mass is 227 g/mol. The van der Waals surface area contributed by atoms with E-state index in [1.54, 1.807) is 0 Å². The Bertz CT molecular complexity index is 294. The molecule has 0 radical (unpaired) electrons. The van der Waals surface area contributed by atoms with Crippen molar-refractivity contribution in [3.8, 4) is 0 Å². The van der Waals surface area contributed by atoms with E-state index in [1.807, 2.05) is 16.4 Å². The Morgan fingerprint density at radius 2 is 2.53 bits per heavy atom. The van der Waals surface area contributed by atoms with Gasteiger partial charge in [0.2, 0.25) is 0 Å². The van der Waals surface area contributed by atoms with Gasteiger partial charge < -0.3 is 5.32 Å². The van der Waals surface area contributed by atoms with E-state index in [2.05, 4.69) is 27.8 Å². The molecule has 6 heteroatoms. The highest BCUT2D eigenvalue weighted by molar-refractivity contribution is 7.99. The molecule has 15 heavy (non-hydrogen) atoms. The average Bonchev–Trinajstić information content (AvgIpc) is 2.87. The standard InChI is InChI=1S/C9H17N5S/c1-2-10-5-9-11-12-13-14(9)6-8-3-4-15-7-8/h8,10H,2-7H2,1H3. The molecule has 0 amide bonds. The number of nitrogens with zero attached hydrogens (tertiary/aromatic N) is 4. The summed E-state index contributed by atoms with van der Waals surface area (Å²) in [4.78, 5) is 0. The summed E-state index contributed by atoms with van der Waals surface area (Å²) in [5.41, 5.74) is 0. The highest BCUT2D eigenvalue weighted by Crippen LogP contribution is 2.24. The molecule has 1 fully saturated rings. The molecule has 5 nitrogen and oxygen atoms in total. The van der Waals surface area contributed by atoms with Gasteiger partial charge in [-0.05, 0) is 40.8 Å². The lowest BCUT2D eigenvalue weighted by Gasteiger charge is -2.09. The van der Waals surface area contributed by atoms with Gasteiger partial charge in [0.05, 0.1) is 6.54 Å². The van der Waals surface area contributed by atoms with Crippen LogP contribution in [0.25, 0.3) is 0 Å². The Hall–Kier alpha value is -0.620. The van der Waals surface area contributed by atoms with Gasteiger partial charge in [0, 0.05) is 6.54 Å². The fourth-order valence-electron chi connectivity index (χ4n) is 1.70. The second kappa shape index (κ2) is 5.46. The number of nitrogens with one attached hydrogen (secondary N) is 1. The first-order valence-electron chi connectivity index (χ1n) is 5.43. The van der Waals surface area contributed by atoms with Crippen molar-refractivity contribution in [2.75, 3.05) is 18.1 Å². The predicted octanol–water partition coefficient (Wildman–Crippen LogP) is 0.536. The van der Waals surface area contributed by atoms with Gasteiger partial charge in [0.25, 0.3) is 0 Å². The summed E-state index contributed by atoms with van der Waals surface area (Å²) < 4.78 is 1.94. The molecule has 1 aliphatic rings. The van der Waals surface area contributed by atoms with Crippen molar-refractivity contribution in [3.63, 3.8) is 0 Å². The molecule has 1 saturated heterocycles. The van der Waals surface area contributed by atoms with Crippen LogP contribution in [-0.4, -0.2) is 38.3 Å². The van der Waals surface area contributed by atoms with Crippen molar-refractivity contribution in [1.82, 2.24) is 25.5 Å². The molecule has 1 aromatic rings. The summed E-state index contributed by atoms with van der Waals surface area (Å²) >= 11 is 2.03. The van der Waals surface area contributed by atoms with Crippen LogP contribution in [0.5, 0.6) is 0 Å². The maximum atomic E-state index is 4.04. The molecule has 2 rings (SSSR count). The number of rotatable bonds is 5. The Morgan fingerprint density at radius 1 is 1.60 bits per heavy atom. The summed E-state index contributed by atoms with van der Waals surface area (Å²) in [6.45, 7) is 4.78. The van der Waals surface area contributed by atoms with Crippen LogP contribution in [0.3, 0.4) is 0 Å². The largest absolute Gasteiger partial charge is 0.310 e. The predicted molar refractivity (Wildman–Crippen MR) is 60.6 cm³/mol. The van der Waals surface area contributed by atoms with E-state index >= 15 is 0 Å². The summed E-state index contributed by atoms with van der Waals surface area (Å²) in [6.07, 6.45) is 1.30. The summed E-state index contributed by atoms with van der Waals surface area (Å²) in [5, 5.41) is 15.0. The lowest BCUT2D eigenvalue weighted by Crippen LogP contribution is -2.19. The average molecular weight is 227 g/mol. The van der Waals surface area contributed by atoms with E-state index in [-0.39, 0.29) is 0 Å². The van der Waals surface area contributed by atoms with Gasteiger partial charge in [-0.1, -0.05) is 6.92 Å². The minimum absolute atomic E-state index is 0.749. The van der Waals surface area contributed by atoms with Crippen molar-refractivity contribution in [3.05, 3.63) is 5.82 Å². The third kappa shape index (κ3) is 2.92. The van der Waals surface area contributed by atoms with Crippen LogP contribution in [0.4, 0.5) is 0 Å². The van der Waals surface area contributed by atoms with Crippen LogP contribution in [-0.2, 0) is 13.1 Å². The lowest BCUT2D eigenvalue weighted by atomic mass is 10.1. The van der Waals surface area contributed by atoms with Gasteiger partial charge in [-0.15, -0.1) is 5.10 Å². The normalized spacial score (nSPS) is 21.0. The fourth-order valence-corrected chi connectivity index (χ4v) is 2.97. The Kier molecular flexibility index (Phi) is 3.96. The molecule has 84 valence electrons. The molecule has 1 aliphatic heterocycles. The lowest BCUT2D eigenvalue weighted by molar-refractivity contribution is 0.433. The number of hydrogen-bond acceptors (Lipinski definition) is 5. The minimum atomic E-state index is 0.749. The molecule has 1 aromatic heterocycles. The Labute approximate surface area is 94.0 Å². The number of hydrogen-bond donors (Lipinski definition) is 1. The molecule has 2 heterocycles. The van der Waals surface area contributed by atoms with Gasteiger partial charge in [-0.2, -0.15) is 11.8 Å². The maximum absolute atomic E-state index is 4.04. The van der Waals surface area contributed by atoms with Crippen molar-refractivity contribution < 1.29 is 0 Å². The summed E-state index contributed by atoms with van der Waals surface area (Å²) in [5.74, 6) is 4.24. The van der Waals surface area contributed by atoms with E-state index in [4.69, 9.17) is 0 Å². The van der Waals surface area contributed by atoms with Crippen LogP contribution >= 0.6 is 11.8 Å². The molecule has 1 N–H and O–H groups in total. The molecule has 0 aliphatic carbocycles. The van der Waals surface area contributed by atoms with Crippen LogP contribution in [0, 0.1) is 5.92 Å². The van der Waals surface area contributed by atoms with E-state index in [0.29, 0.717) is 0 Å². The van der Waals surface area contributed by atoms with Crippen LogP contribution in [0.15, 0.2) is 0 Å². The van der Waals surface area contributed by atoms with Crippen LogP contribution in [0.1, 0.15) is 19.2 Å². The zero-order valence-electron chi connectivity index (χ0n) is 9.02. The van der Waals surface area contributed by atoms with Crippen LogP contribution in [0.2, 0.25) is 0 Å². The van der Waals surface area contributed by atoms with E-state index in [9.17, 15) is 0 Å². The van der Waals surface area contributed by atoms with Gasteiger partial charge in [-0.25, -0.2) is 4.68 Å². The van der Waals surface area contributed by atoms with Gasteiger partial charge in [0.15, 0.2) is 5.82 Å². The van der Waals surface area contributed by atoms with Gasteiger partial charge in [0.1, 0.15) is 0 Å². The van der Waals surface area contributed by atoms with Crippen molar-refractivity contribution >= 4 is 11.8 Å². The first kappa shape index (κ1) is 10.9. The fraction of sp³-hybridized carbons (Fsp3) is 0.889. The quantitative estimate of drug-likeness (QED) is 0.795. The molecule has 0 aromatic carbocycles. The number of thioether (sulfide) groups is 1. The highest BCUT2D eigenvalue weighted by Gasteiger charge is 2.18. The first-order valence-corrected chi connectivity index (χ1v) is 6.59. The van der Waals surface area contributed by atoms with E-state index in [1.165, 1.54) is 17.9 Å². The zero-order valence-corrected chi connectivity index (χ0v) is 9.83. The second-order valence-electron chi connectivity index (χ2n) is 3.79. The van der Waals surface area contributed by atoms with Gasteiger partial charge in [-0.3, -0.25) is 0 Å². The highest BCUT2D eigenvalue weighted by atomic mass is 32.2. The smallest absolute Gasteiger partial charge is 0.165 e. The second-order valence-corrected chi connectivity index (χ2v) is 4.94. The maximum Gasteiger partial charge on any atom is 0.165 e. The molecule has 1 atom stereocenters. The van der Waals surface area contributed by atoms with Crippen molar-refractivity contribution in [2.24, 2.45) is 5.92 Å². The summed E-state index contributed by atoms with van der Waals surface area (Å²) in [7, 11) is 0. The molecule has 0 spiro atoms. The Morgan fingerprint density at radius 3 is 3.27 bits per heavy atom. The zero-order chi connectivity index (χ0) is 10.5. The van der Waals surface area contributed by atoms with Crippen molar-refractivity contribution in [1.29, 1.82) is 0 Å². The topological polar surface area (TPSA) is 55.6 Å². The Balaban J connectivity index is 1.91. The van der Waals surface area contributed by atoms with Crippen LogP contribution < -0.4 is 5.32 Å². The minimum Gasteiger partial charge on any atom is -0.310 e. The molecular formula is C9H17N5S. The third-order valence-corrected chi connectivity index (χ3v) is 3.83. The van der Waals surface area contributed by atoms with Crippen molar-refractivity contribution in [2.45, 2.75) is 26.4 Å². The molecule has 0 saturated carbocycles. The molecular weight excluding hydrogens is 210 g/mol.